The molecule has 3 heterocycles. The first-order chi connectivity index (χ1) is 17.2. The van der Waals surface area contributed by atoms with Crippen molar-refractivity contribution in [1.29, 1.82) is 0 Å². The Hall–Kier alpha value is -4.21. The van der Waals surface area contributed by atoms with Crippen LogP contribution in [0.3, 0.4) is 0 Å². The summed E-state index contributed by atoms with van der Waals surface area (Å²) in [5.41, 5.74) is 3.34. The van der Waals surface area contributed by atoms with Crippen LogP contribution in [0.25, 0.3) is 39.0 Å². The molecular formula is C26H20F3N5O2. The van der Waals surface area contributed by atoms with Crippen LogP contribution in [-0.2, 0) is 7.05 Å². The predicted molar refractivity (Wildman–Crippen MR) is 128 cm³/mol. The van der Waals surface area contributed by atoms with Crippen molar-refractivity contribution in [2.24, 2.45) is 7.05 Å². The molecule has 182 valence electrons. The molecule has 0 radical (unpaired) electrons. The molecule has 0 bridgehead atoms. The Morgan fingerprint density at radius 3 is 2.47 bits per heavy atom. The molecule has 0 spiro atoms. The van der Waals surface area contributed by atoms with Crippen LogP contribution in [0.5, 0.6) is 5.88 Å². The van der Waals surface area contributed by atoms with E-state index in [1.54, 1.807) is 10.7 Å². The molecule has 1 aliphatic carbocycles. The lowest BCUT2D eigenvalue weighted by atomic mass is 10.1. The number of alkyl halides is 3. The van der Waals surface area contributed by atoms with Gasteiger partial charge in [0.05, 0.1) is 11.2 Å². The maximum atomic E-state index is 13.8. The van der Waals surface area contributed by atoms with E-state index < -0.39 is 18.3 Å². The van der Waals surface area contributed by atoms with Crippen molar-refractivity contribution in [2.75, 3.05) is 6.61 Å². The van der Waals surface area contributed by atoms with Crippen molar-refractivity contribution in [3.05, 3.63) is 76.7 Å². The van der Waals surface area contributed by atoms with Crippen molar-refractivity contribution < 1.29 is 17.9 Å². The second-order valence-corrected chi connectivity index (χ2v) is 8.94. The van der Waals surface area contributed by atoms with E-state index >= 15 is 0 Å². The molecule has 0 aliphatic heterocycles. The van der Waals surface area contributed by atoms with Gasteiger partial charge in [-0.05, 0) is 54.7 Å². The lowest BCUT2D eigenvalue weighted by molar-refractivity contribution is -0.154. The van der Waals surface area contributed by atoms with E-state index in [4.69, 9.17) is 4.74 Å². The largest absolute Gasteiger partial charge is 0.468 e. The minimum Gasteiger partial charge on any atom is -0.468 e. The highest BCUT2D eigenvalue weighted by atomic mass is 19.4. The normalized spacial score (nSPS) is 14.0. The maximum Gasteiger partial charge on any atom is 0.422 e. The lowest BCUT2D eigenvalue weighted by Gasteiger charge is -2.14. The fourth-order valence-electron chi connectivity index (χ4n) is 4.32. The number of rotatable bonds is 5. The molecule has 2 aromatic carbocycles. The number of hydrogen-bond acceptors (Lipinski definition) is 5. The zero-order valence-corrected chi connectivity index (χ0v) is 19.2. The van der Waals surface area contributed by atoms with Crippen molar-refractivity contribution in [2.45, 2.75) is 24.9 Å². The molecule has 3 aromatic heterocycles. The Morgan fingerprint density at radius 1 is 1.00 bits per heavy atom. The van der Waals surface area contributed by atoms with Gasteiger partial charge in [0, 0.05) is 30.3 Å². The molecule has 36 heavy (non-hydrogen) atoms. The van der Waals surface area contributed by atoms with Gasteiger partial charge in [-0.3, -0.25) is 14.0 Å². The van der Waals surface area contributed by atoms with Gasteiger partial charge in [-0.25, -0.2) is 4.98 Å². The van der Waals surface area contributed by atoms with E-state index in [0.717, 1.165) is 23.7 Å². The van der Waals surface area contributed by atoms with E-state index in [2.05, 4.69) is 15.1 Å². The summed E-state index contributed by atoms with van der Waals surface area (Å²) in [6.07, 6.45) is -0.386. The fourth-order valence-corrected chi connectivity index (χ4v) is 4.32. The Balaban J connectivity index is 1.54. The number of nitrogens with zero attached hydrogens (tertiary/aromatic N) is 5. The fraction of sp³-hybridized carbons (Fsp3) is 0.231. The van der Waals surface area contributed by atoms with E-state index in [9.17, 15) is 18.0 Å². The molecule has 6 rings (SSSR count). The number of aryl methyl sites for hydroxylation is 1. The van der Waals surface area contributed by atoms with Crippen LogP contribution in [0.15, 0.2) is 65.6 Å². The average molecular weight is 491 g/mol. The summed E-state index contributed by atoms with van der Waals surface area (Å²) in [4.78, 5) is 22.6. The van der Waals surface area contributed by atoms with Crippen molar-refractivity contribution in [3.8, 4) is 22.8 Å². The monoisotopic (exact) mass is 491 g/mol. The third-order valence-corrected chi connectivity index (χ3v) is 6.15. The van der Waals surface area contributed by atoms with Gasteiger partial charge in [-0.15, -0.1) is 0 Å². The summed E-state index contributed by atoms with van der Waals surface area (Å²) in [6, 6.07) is 15.9. The second-order valence-electron chi connectivity index (χ2n) is 8.94. The third-order valence-electron chi connectivity index (χ3n) is 6.15. The minimum atomic E-state index is -4.51. The number of halogens is 3. The zero-order valence-electron chi connectivity index (χ0n) is 19.2. The number of benzene rings is 2. The Kier molecular flexibility index (Phi) is 5.06. The minimum absolute atomic E-state index is 0.116. The highest BCUT2D eigenvalue weighted by molar-refractivity contribution is 5.85. The molecule has 0 saturated heterocycles. The number of pyridine rings is 1. The number of hydrogen-bond donors (Lipinski definition) is 0. The average Bonchev–Trinajstić information content (AvgIpc) is 3.62. The van der Waals surface area contributed by atoms with Crippen molar-refractivity contribution in [1.82, 2.24) is 24.3 Å². The van der Waals surface area contributed by atoms with Gasteiger partial charge in [-0.2, -0.15) is 23.3 Å². The molecular weight excluding hydrogens is 471 g/mol. The molecule has 1 fully saturated rings. The van der Waals surface area contributed by atoms with Crippen LogP contribution in [0.1, 0.15) is 24.3 Å². The van der Waals surface area contributed by atoms with Gasteiger partial charge in [0.15, 0.2) is 12.3 Å². The van der Waals surface area contributed by atoms with Crippen LogP contribution in [0.2, 0.25) is 0 Å². The topological polar surface area (TPSA) is 74.8 Å². The Labute approximate surface area is 202 Å². The standard InChI is InChI=1S/C26H20F3N5O2/c1-33-13-18-12-17(6-9-20(18)32-33)23-25(35)34(19-7-4-16(5-8-19)15-2-3-15)24-21(30-23)10-11-22(31-24)36-14-26(27,28)29/h4-13,15H,2-3,14H2,1H3. The summed E-state index contributed by atoms with van der Waals surface area (Å²) in [7, 11) is 1.82. The molecule has 5 aromatic rings. The summed E-state index contributed by atoms with van der Waals surface area (Å²) in [5.74, 6) is 0.293. The highest BCUT2D eigenvalue weighted by Gasteiger charge is 2.29. The first kappa shape index (κ1) is 22.3. The van der Waals surface area contributed by atoms with E-state index in [1.165, 1.54) is 22.3 Å². The van der Waals surface area contributed by atoms with Crippen molar-refractivity contribution in [3.63, 3.8) is 0 Å². The number of ether oxygens (including phenoxy) is 1. The summed E-state index contributed by atoms with van der Waals surface area (Å²) < 4.78 is 46.0. The molecule has 1 aliphatic rings. The summed E-state index contributed by atoms with van der Waals surface area (Å²) >= 11 is 0. The maximum absolute atomic E-state index is 13.8. The zero-order chi connectivity index (χ0) is 25.0. The van der Waals surface area contributed by atoms with Gasteiger partial charge in [-0.1, -0.05) is 18.2 Å². The van der Waals surface area contributed by atoms with Crippen LogP contribution in [-0.4, -0.2) is 37.1 Å². The summed E-state index contributed by atoms with van der Waals surface area (Å²) in [6.45, 7) is -1.48. The van der Waals surface area contributed by atoms with E-state index in [0.29, 0.717) is 22.7 Å². The number of fused-ring (bicyclic) bond motifs is 2. The van der Waals surface area contributed by atoms with Gasteiger partial charge >= 0.3 is 6.18 Å². The first-order valence-electron chi connectivity index (χ1n) is 11.4. The van der Waals surface area contributed by atoms with Gasteiger partial charge in [0.25, 0.3) is 5.56 Å². The molecule has 0 atom stereocenters. The Bertz CT molecular complexity index is 1670. The van der Waals surface area contributed by atoms with E-state index in [-0.39, 0.29) is 17.2 Å². The van der Waals surface area contributed by atoms with Crippen LogP contribution >= 0.6 is 0 Å². The highest BCUT2D eigenvalue weighted by Crippen LogP contribution is 2.40. The summed E-state index contributed by atoms with van der Waals surface area (Å²) in [5, 5.41) is 5.22. The molecule has 10 heteroatoms. The number of aromatic nitrogens is 5. The smallest absolute Gasteiger partial charge is 0.422 e. The SMILES string of the molecule is Cn1cc2cc(-c3nc4ccc(OCC(F)(F)F)nc4n(-c4ccc(C5CC5)cc4)c3=O)ccc2n1. The van der Waals surface area contributed by atoms with E-state index in [1.807, 2.05) is 49.6 Å². The third kappa shape index (κ3) is 4.19. The van der Waals surface area contributed by atoms with Crippen LogP contribution in [0.4, 0.5) is 13.2 Å². The second kappa shape index (κ2) is 8.18. The van der Waals surface area contributed by atoms with Crippen LogP contribution in [0, 0.1) is 0 Å². The molecule has 1 saturated carbocycles. The van der Waals surface area contributed by atoms with Gasteiger partial charge < -0.3 is 4.74 Å². The molecule has 0 N–H and O–H groups in total. The molecule has 7 nitrogen and oxygen atoms in total. The van der Waals surface area contributed by atoms with Crippen molar-refractivity contribution >= 4 is 22.1 Å². The quantitative estimate of drug-likeness (QED) is 0.340. The van der Waals surface area contributed by atoms with Gasteiger partial charge in [0.1, 0.15) is 11.2 Å². The molecule has 0 amide bonds. The van der Waals surface area contributed by atoms with Crippen LogP contribution < -0.4 is 10.3 Å². The Morgan fingerprint density at radius 2 is 1.75 bits per heavy atom. The lowest BCUT2D eigenvalue weighted by Crippen LogP contribution is -2.24. The van der Waals surface area contributed by atoms with Gasteiger partial charge in [0.2, 0.25) is 5.88 Å². The molecule has 0 unspecified atom stereocenters. The first-order valence-corrected chi connectivity index (χ1v) is 11.4. The predicted octanol–water partition coefficient (Wildman–Crippen LogP) is 5.15.